The molecule has 10 heavy (non-hydrogen) atoms. The van der Waals surface area contributed by atoms with Crippen LogP contribution in [-0.2, 0) is 4.79 Å². The van der Waals surface area contributed by atoms with Gasteiger partial charge in [-0.1, -0.05) is 0 Å². The standard InChI is InChI=1S/C5H12N2O3/c6-3(1-5(9)10)4(7)2-8/h3-4,8H,1-2,6-7H2,(H,9,10)/t3-,4+/m0/s1. The number of carboxylic acid groups (broad SMARTS) is 1. The Hall–Kier alpha value is -0.650. The van der Waals surface area contributed by atoms with Crippen LogP contribution in [0.25, 0.3) is 0 Å². The third-order valence-corrected chi connectivity index (χ3v) is 1.17. The predicted molar refractivity (Wildman–Crippen MR) is 35.3 cm³/mol. The highest BCUT2D eigenvalue weighted by Crippen LogP contribution is 1.91. The van der Waals surface area contributed by atoms with Crippen molar-refractivity contribution in [3.05, 3.63) is 0 Å². The summed E-state index contributed by atoms with van der Waals surface area (Å²) in [4.78, 5) is 10.0. The van der Waals surface area contributed by atoms with Gasteiger partial charge in [0.25, 0.3) is 0 Å². The van der Waals surface area contributed by atoms with E-state index in [-0.39, 0.29) is 13.0 Å². The van der Waals surface area contributed by atoms with Gasteiger partial charge in [-0.3, -0.25) is 4.79 Å². The van der Waals surface area contributed by atoms with Gasteiger partial charge in [-0.05, 0) is 0 Å². The molecule has 0 rings (SSSR count). The Bertz CT molecular complexity index is 117. The minimum atomic E-state index is -1.00. The van der Waals surface area contributed by atoms with E-state index in [1.54, 1.807) is 0 Å². The summed E-state index contributed by atoms with van der Waals surface area (Å²) in [7, 11) is 0. The van der Waals surface area contributed by atoms with Gasteiger partial charge in [-0.25, -0.2) is 0 Å². The number of hydrogen-bond acceptors (Lipinski definition) is 4. The fraction of sp³-hybridized carbons (Fsp3) is 0.800. The lowest BCUT2D eigenvalue weighted by Gasteiger charge is -2.14. The molecule has 0 aliphatic heterocycles. The Morgan fingerprint density at radius 1 is 1.40 bits per heavy atom. The maximum Gasteiger partial charge on any atom is 0.304 e. The Morgan fingerprint density at radius 3 is 2.20 bits per heavy atom. The van der Waals surface area contributed by atoms with Crippen molar-refractivity contribution in [2.45, 2.75) is 18.5 Å². The lowest BCUT2D eigenvalue weighted by Crippen LogP contribution is -2.45. The van der Waals surface area contributed by atoms with Gasteiger partial charge in [-0.15, -0.1) is 0 Å². The number of carbonyl (C=O) groups is 1. The molecule has 2 atom stereocenters. The molecule has 0 spiro atoms. The van der Waals surface area contributed by atoms with E-state index in [9.17, 15) is 4.79 Å². The zero-order valence-electron chi connectivity index (χ0n) is 5.53. The van der Waals surface area contributed by atoms with Crippen LogP contribution in [0.1, 0.15) is 6.42 Å². The van der Waals surface area contributed by atoms with Crippen molar-refractivity contribution in [2.24, 2.45) is 11.5 Å². The van der Waals surface area contributed by atoms with E-state index in [1.165, 1.54) is 0 Å². The van der Waals surface area contributed by atoms with Gasteiger partial charge < -0.3 is 21.7 Å². The summed E-state index contributed by atoms with van der Waals surface area (Å²) >= 11 is 0. The minimum Gasteiger partial charge on any atom is -0.481 e. The SMILES string of the molecule is N[C@H](CO)[C@@H](N)CC(=O)O. The molecule has 6 N–H and O–H groups in total. The Kier molecular flexibility index (Phi) is 3.94. The summed E-state index contributed by atoms with van der Waals surface area (Å²) in [5.74, 6) is -1.00. The second-order valence-electron chi connectivity index (χ2n) is 2.11. The van der Waals surface area contributed by atoms with Crippen molar-refractivity contribution in [3.63, 3.8) is 0 Å². The summed E-state index contributed by atoms with van der Waals surface area (Å²) in [5.41, 5.74) is 10.5. The number of aliphatic hydroxyl groups excluding tert-OH is 1. The van der Waals surface area contributed by atoms with E-state index in [2.05, 4.69) is 0 Å². The number of rotatable bonds is 4. The van der Waals surface area contributed by atoms with E-state index in [0.29, 0.717) is 0 Å². The summed E-state index contributed by atoms with van der Waals surface area (Å²) in [6.07, 6.45) is -0.207. The molecule has 5 nitrogen and oxygen atoms in total. The largest absolute Gasteiger partial charge is 0.481 e. The van der Waals surface area contributed by atoms with Crippen LogP contribution in [0.4, 0.5) is 0 Å². The van der Waals surface area contributed by atoms with Crippen LogP contribution in [0.5, 0.6) is 0 Å². The van der Waals surface area contributed by atoms with Crippen LogP contribution < -0.4 is 11.5 Å². The fourth-order valence-corrected chi connectivity index (χ4v) is 0.488. The molecule has 0 aromatic carbocycles. The normalized spacial score (nSPS) is 16.3. The van der Waals surface area contributed by atoms with E-state index in [4.69, 9.17) is 21.7 Å². The number of hydrogen-bond donors (Lipinski definition) is 4. The molecule has 0 aliphatic carbocycles. The first-order valence-electron chi connectivity index (χ1n) is 2.91. The van der Waals surface area contributed by atoms with Crippen LogP contribution in [-0.4, -0.2) is 34.9 Å². The molecule has 0 fully saturated rings. The summed E-state index contributed by atoms with van der Waals surface area (Å²) in [6, 6.07) is -1.31. The van der Waals surface area contributed by atoms with E-state index < -0.39 is 18.1 Å². The quantitative estimate of drug-likeness (QED) is 0.372. The molecule has 0 unspecified atom stereocenters. The molecule has 0 aromatic rings. The lowest BCUT2D eigenvalue weighted by atomic mass is 10.1. The van der Waals surface area contributed by atoms with Crippen molar-refractivity contribution < 1.29 is 15.0 Å². The lowest BCUT2D eigenvalue weighted by molar-refractivity contribution is -0.137. The number of carboxylic acids is 1. The molecule has 0 bridgehead atoms. The molecule has 0 amide bonds. The van der Waals surface area contributed by atoms with Crippen LogP contribution >= 0.6 is 0 Å². The fourth-order valence-electron chi connectivity index (χ4n) is 0.488. The summed E-state index contributed by atoms with van der Waals surface area (Å²) in [6.45, 7) is -0.283. The first-order valence-corrected chi connectivity index (χ1v) is 2.91. The first kappa shape index (κ1) is 9.35. The molecule has 0 saturated carbocycles. The van der Waals surface area contributed by atoms with Crippen molar-refractivity contribution >= 4 is 5.97 Å². The average molecular weight is 148 g/mol. The third-order valence-electron chi connectivity index (χ3n) is 1.17. The molecule has 0 aromatic heterocycles. The zero-order valence-corrected chi connectivity index (χ0v) is 5.53. The first-order chi connectivity index (χ1) is 4.57. The average Bonchev–Trinajstić information content (AvgIpc) is 1.85. The van der Waals surface area contributed by atoms with Crippen molar-refractivity contribution in [2.75, 3.05) is 6.61 Å². The van der Waals surface area contributed by atoms with Crippen molar-refractivity contribution in [3.8, 4) is 0 Å². The highest BCUT2D eigenvalue weighted by molar-refractivity contribution is 5.67. The second kappa shape index (κ2) is 4.21. The van der Waals surface area contributed by atoms with Gasteiger partial charge in [0.05, 0.1) is 13.0 Å². The zero-order chi connectivity index (χ0) is 8.15. The predicted octanol–water partition coefficient (Wildman–Crippen LogP) is -1.89. The number of aliphatic carboxylic acids is 1. The van der Waals surface area contributed by atoms with Gasteiger partial charge in [0.1, 0.15) is 0 Å². The maximum atomic E-state index is 10.0. The van der Waals surface area contributed by atoms with Gasteiger partial charge in [0.2, 0.25) is 0 Å². The monoisotopic (exact) mass is 148 g/mol. The molecule has 0 aliphatic rings. The smallest absolute Gasteiger partial charge is 0.304 e. The van der Waals surface area contributed by atoms with Crippen molar-refractivity contribution in [1.82, 2.24) is 0 Å². The van der Waals surface area contributed by atoms with Crippen LogP contribution in [0.3, 0.4) is 0 Å². The van der Waals surface area contributed by atoms with E-state index in [1.807, 2.05) is 0 Å². The van der Waals surface area contributed by atoms with Gasteiger partial charge in [0.15, 0.2) is 0 Å². The third kappa shape index (κ3) is 3.39. The molecular formula is C5H12N2O3. The number of aliphatic hydroxyl groups is 1. The summed E-state index contributed by atoms with van der Waals surface area (Å²) in [5, 5.41) is 16.6. The van der Waals surface area contributed by atoms with Crippen LogP contribution in [0, 0.1) is 0 Å². The van der Waals surface area contributed by atoms with Crippen molar-refractivity contribution in [1.29, 1.82) is 0 Å². The molecule has 0 heterocycles. The summed E-state index contributed by atoms with van der Waals surface area (Å²) < 4.78 is 0. The van der Waals surface area contributed by atoms with E-state index >= 15 is 0 Å². The molecular weight excluding hydrogens is 136 g/mol. The Balaban J connectivity index is 3.61. The topological polar surface area (TPSA) is 110 Å². The molecule has 0 saturated heterocycles. The molecule has 0 radical (unpaired) electrons. The number of nitrogens with two attached hydrogens (primary N) is 2. The molecule has 5 heteroatoms. The van der Waals surface area contributed by atoms with E-state index in [0.717, 1.165) is 0 Å². The van der Waals surface area contributed by atoms with Crippen LogP contribution in [0.2, 0.25) is 0 Å². The highest BCUT2D eigenvalue weighted by atomic mass is 16.4. The highest BCUT2D eigenvalue weighted by Gasteiger charge is 2.14. The molecule has 60 valence electrons. The maximum absolute atomic E-state index is 10.0. The Labute approximate surface area is 58.6 Å². The van der Waals surface area contributed by atoms with Gasteiger partial charge >= 0.3 is 5.97 Å². The van der Waals surface area contributed by atoms with Gasteiger partial charge in [-0.2, -0.15) is 0 Å². The second-order valence-corrected chi connectivity index (χ2v) is 2.11. The van der Waals surface area contributed by atoms with Crippen LogP contribution in [0.15, 0.2) is 0 Å². The Morgan fingerprint density at radius 2 is 1.90 bits per heavy atom. The minimum absolute atomic E-state index is 0.207. The van der Waals surface area contributed by atoms with Gasteiger partial charge in [0, 0.05) is 12.1 Å².